The van der Waals surface area contributed by atoms with Crippen molar-refractivity contribution in [3.8, 4) is 55.6 Å². The van der Waals surface area contributed by atoms with Crippen LogP contribution in [0.3, 0.4) is 0 Å². The first-order chi connectivity index (χ1) is 26.8. The Hall–Kier alpha value is -6.44. The molecule has 8 aromatic carbocycles. The topological polar surface area (TPSA) is 3.24 Å². The van der Waals surface area contributed by atoms with E-state index in [-0.39, 0.29) is 10.8 Å². The Labute approximate surface area is 325 Å². The van der Waals surface area contributed by atoms with Crippen molar-refractivity contribution in [3.05, 3.63) is 210 Å². The minimum absolute atomic E-state index is 0.0640. The van der Waals surface area contributed by atoms with Crippen LogP contribution in [0.25, 0.3) is 55.6 Å². The molecule has 0 saturated heterocycles. The highest BCUT2D eigenvalue weighted by Gasteiger charge is 2.37. The van der Waals surface area contributed by atoms with E-state index in [1.165, 1.54) is 77.9 Å². The SMILES string of the molecule is CC1(C)c2ccccc2-c2ccc(-c3cccc(N(c4cccc(-c5ccccc5)c4)c4ccccc4-c4cccc5c4-c4ccccc4C5(C)C)c3)cc21. The average Bonchev–Trinajstić information content (AvgIpc) is 3.61. The van der Waals surface area contributed by atoms with Gasteiger partial charge in [-0.05, 0) is 109 Å². The Morgan fingerprint density at radius 3 is 1.51 bits per heavy atom. The van der Waals surface area contributed by atoms with Crippen molar-refractivity contribution in [1.82, 2.24) is 0 Å². The Balaban J connectivity index is 1.17. The maximum atomic E-state index is 2.46. The summed E-state index contributed by atoms with van der Waals surface area (Å²) in [6, 6.07) is 69.5. The Bertz CT molecular complexity index is 2770. The molecule has 0 radical (unpaired) electrons. The molecule has 8 aromatic rings. The molecule has 0 saturated carbocycles. The molecule has 0 spiro atoms. The van der Waals surface area contributed by atoms with Gasteiger partial charge in [0.2, 0.25) is 0 Å². The van der Waals surface area contributed by atoms with Gasteiger partial charge in [0.05, 0.1) is 5.69 Å². The van der Waals surface area contributed by atoms with Crippen molar-refractivity contribution in [2.45, 2.75) is 38.5 Å². The van der Waals surface area contributed by atoms with Crippen molar-refractivity contribution in [1.29, 1.82) is 0 Å². The maximum Gasteiger partial charge on any atom is 0.0540 e. The maximum absolute atomic E-state index is 2.46. The second-order valence-corrected chi connectivity index (χ2v) is 16.1. The second kappa shape index (κ2) is 12.6. The summed E-state index contributed by atoms with van der Waals surface area (Å²) >= 11 is 0. The average molecular weight is 706 g/mol. The van der Waals surface area contributed by atoms with Crippen LogP contribution in [0.5, 0.6) is 0 Å². The van der Waals surface area contributed by atoms with Gasteiger partial charge in [-0.25, -0.2) is 0 Å². The monoisotopic (exact) mass is 705 g/mol. The van der Waals surface area contributed by atoms with E-state index in [2.05, 4.69) is 221 Å². The fourth-order valence-electron chi connectivity index (χ4n) is 9.47. The van der Waals surface area contributed by atoms with Crippen LogP contribution in [-0.4, -0.2) is 0 Å². The molecule has 2 aliphatic rings. The van der Waals surface area contributed by atoms with Crippen LogP contribution in [0.4, 0.5) is 17.1 Å². The fraction of sp³-hybridized carbons (Fsp3) is 0.111. The smallest absolute Gasteiger partial charge is 0.0540 e. The van der Waals surface area contributed by atoms with Gasteiger partial charge in [0.25, 0.3) is 0 Å². The van der Waals surface area contributed by atoms with Gasteiger partial charge < -0.3 is 4.90 Å². The molecule has 0 bridgehead atoms. The number of benzene rings is 8. The molecule has 2 aliphatic carbocycles. The van der Waals surface area contributed by atoms with E-state index in [1.807, 2.05) is 0 Å². The number of para-hydroxylation sites is 1. The van der Waals surface area contributed by atoms with Crippen molar-refractivity contribution < 1.29 is 0 Å². The van der Waals surface area contributed by atoms with Crippen molar-refractivity contribution in [2.24, 2.45) is 0 Å². The predicted octanol–water partition coefficient (Wildman–Crippen LogP) is 14.8. The molecular formula is C54H43N. The Morgan fingerprint density at radius 2 is 0.782 bits per heavy atom. The molecule has 0 unspecified atom stereocenters. The number of rotatable bonds is 6. The summed E-state index contributed by atoms with van der Waals surface area (Å²) in [7, 11) is 0. The van der Waals surface area contributed by atoms with E-state index in [1.54, 1.807) is 0 Å². The minimum atomic E-state index is -0.0826. The number of hydrogen-bond donors (Lipinski definition) is 0. The molecule has 1 heteroatoms. The molecule has 0 aromatic heterocycles. The molecule has 1 nitrogen and oxygen atoms in total. The molecule has 0 amide bonds. The first kappa shape index (κ1) is 33.2. The molecule has 0 aliphatic heterocycles. The van der Waals surface area contributed by atoms with Gasteiger partial charge in [-0.2, -0.15) is 0 Å². The molecule has 0 fully saturated rings. The van der Waals surface area contributed by atoms with Gasteiger partial charge in [0.15, 0.2) is 0 Å². The van der Waals surface area contributed by atoms with Gasteiger partial charge >= 0.3 is 0 Å². The van der Waals surface area contributed by atoms with Gasteiger partial charge in [-0.1, -0.05) is 179 Å². The highest BCUT2D eigenvalue weighted by atomic mass is 15.1. The second-order valence-electron chi connectivity index (χ2n) is 16.1. The van der Waals surface area contributed by atoms with Crippen LogP contribution in [0.2, 0.25) is 0 Å². The Kier molecular flexibility index (Phi) is 7.58. The molecule has 0 heterocycles. The molecule has 264 valence electrons. The lowest BCUT2D eigenvalue weighted by molar-refractivity contribution is 0.660. The lowest BCUT2D eigenvalue weighted by atomic mass is 9.81. The summed E-state index contributed by atoms with van der Waals surface area (Å²) in [4.78, 5) is 2.46. The zero-order valence-corrected chi connectivity index (χ0v) is 31.8. The first-order valence-electron chi connectivity index (χ1n) is 19.4. The van der Waals surface area contributed by atoms with Gasteiger partial charge in [-0.3, -0.25) is 0 Å². The third-order valence-electron chi connectivity index (χ3n) is 12.3. The van der Waals surface area contributed by atoms with E-state index in [4.69, 9.17) is 0 Å². The van der Waals surface area contributed by atoms with Crippen molar-refractivity contribution in [2.75, 3.05) is 4.90 Å². The largest absolute Gasteiger partial charge is 0.310 e. The zero-order valence-electron chi connectivity index (χ0n) is 31.8. The molecular weight excluding hydrogens is 663 g/mol. The summed E-state index contributed by atoms with van der Waals surface area (Å²) in [5, 5.41) is 0. The number of hydrogen-bond acceptors (Lipinski definition) is 1. The van der Waals surface area contributed by atoms with Crippen LogP contribution in [0.15, 0.2) is 188 Å². The number of fused-ring (bicyclic) bond motifs is 6. The summed E-state index contributed by atoms with van der Waals surface area (Å²) in [5.41, 5.74) is 21.4. The van der Waals surface area contributed by atoms with Gasteiger partial charge in [0.1, 0.15) is 0 Å². The summed E-state index contributed by atoms with van der Waals surface area (Å²) in [5.74, 6) is 0. The third-order valence-corrected chi connectivity index (χ3v) is 12.3. The van der Waals surface area contributed by atoms with Crippen LogP contribution in [0.1, 0.15) is 49.9 Å². The van der Waals surface area contributed by atoms with Crippen LogP contribution >= 0.6 is 0 Å². The lowest BCUT2D eigenvalue weighted by Crippen LogP contribution is -2.15. The predicted molar refractivity (Wildman–Crippen MR) is 233 cm³/mol. The van der Waals surface area contributed by atoms with E-state index in [0.29, 0.717) is 0 Å². The quantitative estimate of drug-likeness (QED) is 0.166. The molecule has 0 N–H and O–H groups in total. The molecule has 0 atom stereocenters. The van der Waals surface area contributed by atoms with E-state index in [9.17, 15) is 0 Å². The van der Waals surface area contributed by atoms with Crippen molar-refractivity contribution in [3.63, 3.8) is 0 Å². The minimum Gasteiger partial charge on any atom is -0.310 e. The zero-order chi connectivity index (χ0) is 37.3. The fourth-order valence-corrected chi connectivity index (χ4v) is 9.47. The number of nitrogens with zero attached hydrogens (tertiary/aromatic N) is 1. The third kappa shape index (κ3) is 5.22. The first-order valence-corrected chi connectivity index (χ1v) is 19.4. The standard InChI is InChI=1S/C54H43N/c1-53(2)48-28-12-9-25-46(48)52-45(26-16-29-49(52)53)44-24-10-13-30-51(44)55(40-21-14-19-37(33-40)36-17-6-5-7-18-36)41-22-15-20-38(34-41)39-31-32-43-42-23-8-11-27-47(42)54(3,4)50(43)35-39/h5-35H,1-4H3. The van der Waals surface area contributed by atoms with Gasteiger partial charge in [-0.15, -0.1) is 0 Å². The lowest BCUT2D eigenvalue weighted by Gasteiger charge is -2.29. The van der Waals surface area contributed by atoms with Crippen LogP contribution in [0, 0.1) is 0 Å². The Morgan fingerprint density at radius 1 is 0.309 bits per heavy atom. The van der Waals surface area contributed by atoms with E-state index in [0.717, 1.165) is 17.1 Å². The highest BCUT2D eigenvalue weighted by Crippen LogP contribution is 2.54. The number of anilines is 3. The normalized spacial score (nSPS) is 14.1. The van der Waals surface area contributed by atoms with Crippen LogP contribution < -0.4 is 4.90 Å². The summed E-state index contributed by atoms with van der Waals surface area (Å²) in [6.07, 6.45) is 0. The van der Waals surface area contributed by atoms with E-state index >= 15 is 0 Å². The summed E-state index contributed by atoms with van der Waals surface area (Å²) in [6.45, 7) is 9.43. The highest BCUT2D eigenvalue weighted by molar-refractivity contribution is 5.98. The van der Waals surface area contributed by atoms with Crippen LogP contribution in [-0.2, 0) is 10.8 Å². The molecule has 10 rings (SSSR count). The summed E-state index contributed by atoms with van der Waals surface area (Å²) < 4.78 is 0. The van der Waals surface area contributed by atoms with E-state index < -0.39 is 0 Å². The van der Waals surface area contributed by atoms with Crippen molar-refractivity contribution >= 4 is 17.1 Å². The van der Waals surface area contributed by atoms with Gasteiger partial charge in [0, 0.05) is 27.8 Å². The molecule has 55 heavy (non-hydrogen) atoms.